The Morgan fingerprint density at radius 3 is 2.64 bits per heavy atom. The lowest BCUT2D eigenvalue weighted by molar-refractivity contribution is 0.0575. The second-order valence-electron chi connectivity index (χ2n) is 7.74. The van der Waals surface area contributed by atoms with Crippen molar-refractivity contribution in [2.24, 2.45) is 0 Å². The predicted molar refractivity (Wildman–Crippen MR) is 106 cm³/mol. The molecule has 2 aliphatic rings. The third kappa shape index (κ3) is 3.79. The predicted octanol–water partition coefficient (Wildman–Crippen LogP) is 1.43. The molecule has 2 fully saturated rings. The highest BCUT2D eigenvalue weighted by Crippen LogP contribution is 2.23. The van der Waals surface area contributed by atoms with E-state index in [2.05, 4.69) is 38.5 Å². The Labute approximate surface area is 165 Å². The van der Waals surface area contributed by atoms with Gasteiger partial charge < -0.3 is 10.2 Å². The summed E-state index contributed by atoms with van der Waals surface area (Å²) in [6.45, 7) is 9.27. The molecule has 2 aromatic heterocycles. The molecule has 0 spiro atoms. The smallest absolute Gasteiger partial charge is 0.276 e. The molecule has 0 aromatic carbocycles. The van der Waals surface area contributed by atoms with Gasteiger partial charge in [0, 0.05) is 44.6 Å². The summed E-state index contributed by atoms with van der Waals surface area (Å²) in [5.74, 6) is 0.00589. The van der Waals surface area contributed by atoms with Gasteiger partial charge in [-0.05, 0) is 51.4 Å². The van der Waals surface area contributed by atoms with Crippen molar-refractivity contribution in [2.75, 3.05) is 39.3 Å². The second kappa shape index (κ2) is 8.36. The molecule has 0 saturated carbocycles. The molecule has 0 aliphatic carbocycles. The van der Waals surface area contributed by atoms with Gasteiger partial charge in [-0.15, -0.1) is 5.10 Å². The third-order valence-corrected chi connectivity index (χ3v) is 6.10. The van der Waals surface area contributed by atoms with Crippen molar-refractivity contribution in [3.63, 3.8) is 0 Å². The van der Waals surface area contributed by atoms with Gasteiger partial charge in [-0.25, -0.2) is 4.68 Å². The Hall–Kier alpha value is -2.32. The largest absolute Gasteiger partial charge is 0.335 e. The van der Waals surface area contributed by atoms with Gasteiger partial charge >= 0.3 is 0 Å². The number of rotatable bonds is 4. The summed E-state index contributed by atoms with van der Waals surface area (Å²) in [6, 6.07) is 4.72. The van der Waals surface area contributed by atoms with Gasteiger partial charge in [0.05, 0.1) is 11.7 Å². The average Bonchev–Trinajstić information content (AvgIpc) is 3.15. The van der Waals surface area contributed by atoms with Crippen LogP contribution in [0.2, 0.25) is 0 Å². The number of aromatic nitrogens is 4. The Balaban J connectivity index is 1.38. The van der Waals surface area contributed by atoms with Crippen LogP contribution in [0.3, 0.4) is 0 Å². The van der Waals surface area contributed by atoms with Crippen molar-refractivity contribution in [1.82, 2.24) is 35.1 Å². The van der Waals surface area contributed by atoms with Crippen LogP contribution in [0.15, 0.2) is 24.5 Å². The van der Waals surface area contributed by atoms with E-state index in [1.807, 2.05) is 28.8 Å². The molecule has 28 heavy (non-hydrogen) atoms. The zero-order chi connectivity index (χ0) is 19.5. The molecule has 8 nitrogen and oxygen atoms in total. The summed E-state index contributed by atoms with van der Waals surface area (Å²) >= 11 is 0. The van der Waals surface area contributed by atoms with Gasteiger partial charge in [0.1, 0.15) is 0 Å². The zero-order valence-electron chi connectivity index (χ0n) is 16.7. The summed E-state index contributed by atoms with van der Waals surface area (Å²) in [5.41, 5.74) is 2.61. The van der Waals surface area contributed by atoms with Gasteiger partial charge in [-0.3, -0.25) is 14.7 Å². The number of carbonyl (C=O) groups excluding carboxylic acids is 1. The Kier molecular flexibility index (Phi) is 5.68. The summed E-state index contributed by atoms with van der Waals surface area (Å²) in [7, 11) is 0. The molecule has 1 amide bonds. The van der Waals surface area contributed by atoms with Gasteiger partial charge in [0.25, 0.3) is 5.91 Å². The fourth-order valence-electron chi connectivity index (χ4n) is 4.23. The number of pyridine rings is 1. The molecule has 4 rings (SSSR count). The molecular weight excluding hydrogens is 354 g/mol. The maximum atomic E-state index is 13.0. The molecule has 2 aliphatic heterocycles. The molecule has 0 radical (unpaired) electrons. The van der Waals surface area contributed by atoms with Crippen LogP contribution in [0.4, 0.5) is 0 Å². The number of amides is 1. The lowest BCUT2D eigenvalue weighted by atomic mass is 10.1. The summed E-state index contributed by atoms with van der Waals surface area (Å²) in [6.07, 6.45) is 5.78. The lowest BCUT2D eigenvalue weighted by Crippen LogP contribution is -2.49. The number of hydrogen-bond acceptors (Lipinski definition) is 6. The van der Waals surface area contributed by atoms with Crippen LogP contribution in [-0.4, -0.2) is 75.0 Å². The van der Waals surface area contributed by atoms with E-state index in [4.69, 9.17) is 0 Å². The van der Waals surface area contributed by atoms with Gasteiger partial charge in [0.2, 0.25) is 0 Å². The Morgan fingerprint density at radius 1 is 1.21 bits per heavy atom. The second-order valence-corrected chi connectivity index (χ2v) is 7.74. The molecule has 2 saturated heterocycles. The topological polar surface area (TPSA) is 79.2 Å². The first-order valence-corrected chi connectivity index (χ1v) is 10.2. The maximum Gasteiger partial charge on any atom is 0.276 e. The zero-order valence-corrected chi connectivity index (χ0v) is 16.7. The quantitative estimate of drug-likeness (QED) is 0.860. The number of carbonyl (C=O) groups is 1. The molecule has 1 atom stereocenters. The molecule has 1 N–H and O–H groups in total. The molecule has 4 heterocycles. The van der Waals surface area contributed by atoms with E-state index in [0.29, 0.717) is 30.9 Å². The standard InChI is InChI=1S/C20H29N7O/c1-15(17-4-3-7-22-14-17)25-10-12-26(13-11-25)20(28)19-16(2)27(24-23-19)18-5-8-21-9-6-18/h3-4,7,14-15,18,21H,5-6,8-13H2,1-2H3. The highest BCUT2D eigenvalue weighted by atomic mass is 16.2. The van der Waals surface area contributed by atoms with Crippen LogP contribution in [0.1, 0.15) is 53.6 Å². The minimum Gasteiger partial charge on any atom is -0.335 e. The van der Waals surface area contributed by atoms with Crippen LogP contribution >= 0.6 is 0 Å². The first-order chi connectivity index (χ1) is 13.6. The number of nitrogens with zero attached hydrogens (tertiary/aromatic N) is 6. The average molecular weight is 384 g/mol. The van der Waals surface area contributed by atoms with Crippen LogP contribution in [0, 0.1) is 6.92 Å². The minimum absolute atomic E-state index is 0.00589. The molecule has 1 unspecified atom stereocenters. The van der Waals surface area contributed by atoms with Crippen molar-refractivity contribution < 1.29 is 4.79 Å². The first kappa shape index (κ1) is 19.0. The molecule has 8 heteroatoms. The van der Waals surface area contributed by atoms with E-state index in [0.717, 1.165) is 44.7 Å². The number of hydrogen-bond donors (Lipinski definition) is 1. The van der Waals surface area contributed by atoms with E-state index >= 15 is 0 Å². The fourth-order valence-corrected chi connectivity index (χ4v) is 4.23. The molecule has 150 valence electrons. The number of piperazine rings is 1. The fraction of sp³-hybridized carbons (Fsp3) is 0.600. The van der Waals surface area contributed by atoms with Gasteiger partial charge in [-0.1, -0.05) is 11.3 Å². The van der Waals surface area contributed by atoms with E-state index in [9.17, 15) is 4.79 Å². The van der Waals surface area contributed by atoms with Crippen LogP contribution in [-0.2, 0) is 0 Å². The normalized spacial score (nSPS) is 20.3. The SMILES string of the molecule is Cc1c(C(=O)N2CCN(C(C)c3cccnc3)CC2)nnn1C1CCNCC1. The van der Waals surface area contributed by atoms with E-state index in [1.165, 1.54) is 5.56 Å². The van der Waals surface area contributed by atoms with Crippen LogP contribution in [0.25, 0.3) is 0 Å². The lowest BCUT2D eigenvalue weighted by Gasteiger charge is -2.38. The van der Waals surface area contributed by atoms with Crippen molar-refractivity contribution in [2.45, 2.75) is 38.8 Å². The van der Waals surface area contributed by atoms with Crippen molar-refractivity contribution in [3.05, 3.63) is 41.5 Å². The Morgan fingerprint density at radius 2 is 1.96 bits per heavy atom. The van der Waals surface area contributed by atoms with Crippen molar-refractivity contribution in [1.29, 1.82) is 0 Å². The van der Waals surface area contributed by atoms with Gasteiger partial charge in [-0.2, -0.15) is 0 Å². The van der Waals surface area contributed by atoms with E-state index in [1.54, 1.807) is 6.20 Å². The van der Waals surface area contributed by atoms with Crippen LogP contribution < -0.4 is 5.32 Å². The van der Waals surface area contributed by atoms with Crippen LogP contribution in [0.5, 0.6) is 0 Å². The van der Waals surface area contributed by atoms with Gasteiger partial charge in [0.15, 0.2) is 5.69 Å². The summed E-state index contributed by atoms with van der Waals surface area (Å²) < 4.78 is 1.95. The minimum atomic E-state index is 0.00589. The number of piperidine rings is 1. The van der Waals surface area contributed by atoms with E-state index < -0.39 is 0 Å². The number of nitrogens with one attached hydrogen (secondary N) is 1. The Bertz CT molecular complexity index is 792. The summed E-state index contributed by atoms with van der Waals surface area (Å²) in [4.78, 5) is 21.6. The third-order valence-electron chi connectivity index (χ3n) is 6.10. The van der Waals surface area contributed by atoms with Crippen molar-refractivity contribution in [3.8, 4) is 0 Å². The van der Waals surface area contributed by atoms with E-state index in [-0.39, 0.29) is 5.91 Å². The monoisotopic (exact) mass is 383 g/mol. The molecule has 0 bridgehead atoms. The molecular formula is C20H29N7O. The maximum absolute atomic E-state index is 13.0. The highest BCUT2D eigenvalue weighted by molar-refractivity contribution is 5.93. The highest BCUT2D eigenvalue weighted by Gasteiger charge is 2.29. The molecule has 2 aromatic rings. The van der Waals surface area contributed by atoms with Crippen molar-refractivity contribution >= 4 is 5.91 Å². The summed E-state index contributed by atoms with van der Waals surface area (Å²) in [5, 5.41) is 11.9. The first-order valence-electron chi connectivity index (χ1n) is 10.2.